The van der Waals surface area contributed by atoms with Crippen LogP contribution in [0.4, 0.5) is 5.82 Å². The lowest BCUT2D eigenvalue weighted by atomic mass is 10.3. The Kier molecular flexibility index (Phi) is 2.60. The molecule has 0 saturated heterocycles. The molecule has 58 valence electrons. The molecule has 0 aliphatic rings. The molecule has 11 heavy (non-hydrogen) atoms. The SMILES string of the molecule is C=C(C)CNc1cccnn1. The first-order chi connectivity index (χ1) is 5.29. The van der Waals surface area contributed by atoms with Crippen LogP contribution in [-0.2, 0) is 0 Å². The Morgan fingerprint density at radius 1 is 1.73 bits per heavy atom. The second kappa shape index (κ2) is 3.71. The van der Waals surface area contributed by atoms with Crippen LogP contribution in [0.5, 0.6) is 0 Å². The first-order valence-corrected chi connectivity index (χ1v) is 3.45. The van der Waals surface area contributed by atoms with Crippen molar-refractivity contribution in [3.63, 3.8) is 0 Å². The summed E-state index contributed by atoms with van der Waals surface area (Å²) in [6.45, 7) is 6.47. The van der Waals surface area contributed by atoms with Crippen LogP contribution in [0.2, 0.25) is 0 Å². The molecule has 3 nitrogen and oxygen atoms in total. The van der Waals surface area contributed by atoms with Crippen molar-refractivity contribution in [1.29, 1.82) is 0 Å². The fourth-order valence-electron chi connectivity index (χ4n) is 0.637. The molecule has 0 unspecified atom stereocenters. The number of rotatable bonds is 3. The molecular weight excluding hydrogens is 138 g/mol. The van der Waals surface area contributed by atoms with E-state index in [-0.39, 0.29) is 0 Å². The summed E-state index contributed by atoms with van der Waals surface area (Å²) >= 11 is 0. The molecule has 0 aliphatic carbocycles. The van der Waals surface area contributed by atoms with Crippen molar-refractivity contribution in [1.82, 2.24) is 10.2 Å². The quantitative estimate of drug-likeness (QED) is 0.661. The van der Waals surface area contributed by atoms with E-state index >= 15 is 0 Å². The molecular formula is C8H11N3. The summed E-state index contributed by atoms with van der Waals surface area (Å²) in [6.07, 6.45) is 1.64. The summed E-state index contributed by atoms with van der Waals surface area (Å²) in [5.41, 5.74) is 1.08. The predicted octanol–water partition coefficient (Wildman–Crippen LogP) is 1.46. The highest BCUT2D eigenvalue weighted by Crippen LogP contribution is 1.98. The molecule has 0 saturated carbocycles. The Balaban J connectivity index is 2.45. The molecule has 1 N–H and O–H groups in total. The number of hydrogen-bond donors (Lipinski definition) is 1. The normalized spacial score (nSPS) is 9.18. The summed E-state index contributed by atoms with van der Waals surface area (Å²) in [5.74, 6) is 0.788. The van der Waals surface area contributed by atoms with E-state index in [0.717, 1.165) is 17.9 Å². The molecule has 0 spiro atoms. The number of nitrogens with one attached hydrogen (secondary N) is 1. The van der Waals surface area contributed by atoms with E-state index in [1.807, 2.05) is 19.1 Å². The third-order valence-electron chi connectivity index (χ3n) is 1.14. The van der Waals surface area contributed by atoms with Crippen molar-refractivity contribution in [3.8, 4) is 0 Å². The molecule has 0 radical (unpaired) electrons. The molecule has 0 aliphatic heterocycles. The highest BCUT2D eigenvalue weighted by Gasteiger charge is 1.89. The monoisotopic (exact) mass is 149 g/mol. The number of anilines is 1. The Bertz CT molecular complexity index is 230. The van der Waals surface area contributed by atoms with Crippen LogP contribution in [0.3, 0.4) is 0 Å². The van der Waals surface area contributed by atoms with Gasteiger partial charge < -0.3 is 5.32 Å². The number of aromatic nitrogens is 2. The highest BCUT2D eigenvalue weighted by molar-refractivity contribution is 5.32. The first-order valence-electron chi connectivity index (χ1n) is 3.45. The van der Waals surface area contributed by atoms with Gasteiger partial charge in [0, 0.05) is 12.7 Å². The van der Waals surface area contributed by atoms with E-state index in [2.05, 4.69) is 22.1 Å². The average molecular weight is 149 g/mol. The lowest BCUT2D eigenvalue weighted by molar-refractivity contribution is 1.01. The first kappa shape index (κ1) is 7.72. The average Bonchev–Trinajstić information content (AvgIpc) is 2.03. The third-order valence-corrected chi connectivity index (χ3v) is 1.14. The summed E-state index contributed by atoms with van der Waals surface area (Å²) in [4.78, 5) is 0. The van der Waals surface area contributed by atoms with Gasteiger partial charge in [-0.2, -0.15) is 5.10 Å². The van der Waals surface area contributed by atoms with Crippen molar-refractivity contribution in [2.24, 2.45) is 0 Å². The van der Waals surface area contributed by atoms with Crippen molar-refractivity contribution in [2.45, 2.75) is 6.92 Å². The number of nitrogens with zero attached hydrogens (tertiary/aromatic N) is 2. The van der Waals surface area contributed by atoms with E-state index < -0.39 is 0 Å². The molecule has 1 aromatic rings. The zero-order valence-electron chi connectivity index (χ0n) is 6.54. The molecule has 0 bridgehead atoms. The van der Waals surface area contributed by atoms with Gasteiger partial charge in [0.05, 0.1) is 0 Å². The fourth-order valence-corrected chi connectivity index (χ4v) is 0.637. The summed E-state index contributed by atoms with van der Waals surface area (Å²) < 4.78 is 0. The molecule has 1 aromatic heterocycles. The smallest absolute Gasteiger partial charge is 0.148 e. The Labute approximate surface area is 66.2 Å². The van der Waals surface area contributed by atoms with Crippen molar-refractivity contribution in [2.75, 3.05) is 11.9 Å². The van der Waals surface area contributed by atoms with Crippen LogP contribution >= 0.6 is 0 Å². The van der Waals surface area contributed by atoms with E-state index in [9.17, 15) is 0 Å². The lowest BCUT2D eigenvalue weighted by Crippen LogP contribution is -2.03. The van der Waals surface area contributed by atoms with Gasteiger partial charge in [0.2, 0.25) is 0 Å². The van der Waals surface area contributed by atoms with Crippen LogP contribution < -0.4 is 5.32 Å². The van der Waals surface area contributed by atoms with Crippen LogP contribution in [0.1, 0.15) is 6.92 Å². The largest absolute Gasteiger partial charge is 0.365 e. The van der Waals surface area contributed by atoms with Gasteiger partial charge in [0.1, 0.15) is 5.82 Å². The van der Waals surface area contributed by atoms with Crippen LogP contribution in [0.25, 0.3) is 0 Å². The van der Waals surface area contributed by atoms with Gasteiger partial charge in [0.15, 0.2) is 0 Å². The van der Waals surface area contributed by atoms with E-state index in [4.69, 9.17) is 0 Å². The molecule has 0 fully saturated rings. The Hall–Kier alpha value is -1.38. The van der Waals surface area contributed by atoms with Gasteiger partial charge in [-0.25, -0.2) is 0 Å². The summed E-state index contributed by atoms with van der Waals surface area (Å²) in [5, 5.41) is 10.6. The zero-order valence-corrected chi connectivity index (χ0v) is 6.54. The minimum atomic E-state index is 0.749. The second-order valence-electron chi connectivity index (χ2n) is 2.42. The van der Waals surface area contributed by atoms with Gasteiger partial charge >= 0.3 is 0 Å². The topological polar surface area (TPSA) is 37.8 Å². The Morgan fingerprint density at radius 2 is 2.55 bits per heavy atom. The minimum Gasteiger partial charge on any atom is -0.365 e. The van der Waals surface area contributed by atoms with Crippen molar-refractivity contribution >= 4 is 5.82 Å². The Morgan fingerprint density at radius 3 is 3.09 bits per heavy atom. The van der Waals surface area contributed by atoms with Crippen LogP contribution in [0.15, 0.2) is 30.5 Å². The lowest BCUT2D eigenvalue weighted by Gasteiger charge is -2.01. The van der Waals surface area contributed by atoms with Gasteiger partial charge in [-0.3, -0.25) is 0 Å². The maximum Gasteiger partial charge on any atom is 0.148 e. The number of hydrogen-bond acceptors (Lipinski definition) is 3. The van der Waals surface area contributed by atoms with Gasteiger partial charge in [0.25, 0.3) is 0 Å². The predicted molar refractivity (Wildman–Crippen MR) is 45.3 cm³/mol. The third kappa shape index (κ3) is 2.80. The van der Waals surface area contributed by atoms with Gasteiger partial charge in [-0.1, -0.05) is 12.2 Å². The molecule has 1 rings (SSSR count). The minimum absolute atomic E-state index is 0.749. The standard InChI is InChI=1S/C8H11N3/c1-7(2)6-9-8-4-3-5-10-11-8/h3-5H,1,6H2,2H3,(H,9,11). The molecule has 0 atom stereocenters. The van der Waals surface area contributed by atoms with E-state index in [1.54, 1.807) is 6.20 Å². The van der Waals surface area contributed by atoms with Gasteiger partial charge in [-0.15, -0.1) is 5.10 Å². The van der Waals surface area contributed by atoms with Gasteiger partial charge in [-0.05, 0) is 19.1 Å². The molecule has 3 heteroatoms. The van der Waals surface area contributed by atoms with Crippen molar-refractivity contribution < 1.29 is 0 Å². The second-order valence-corrected chi connectivity index (χ2v) is 2.42. The van der Waals surface area contributed by atoms with E-state index in [0.29, 0.717) is 0 Å². The maximum atomic E-state index is 3.85. The summed E-state index contributed by atoms with van der Waals surface area (Å²) in [6, 6.07) is 3.71. The zero-order chi connectivity index (χ0) is 8.10. The maximum absolute atomic E-state index is 3.85. The van der Waals surface area contributed by atoms with Crippen LogP contribution in [-0.4, -0.2) is 16.7 Å². The van der Waals surface area contributed by atoms with E-state index in [1.165, 1.54) is 0 Å². The fraction of sp³-hybridized carbons (Fsp3) is 0.250. The van der Waals surface area contributed by atoms with Crippen LogP contribution in [0, 0.1) is 0 Å². The molecule has 1 heterocycles. The molecule has 0 aromatic carbocycles. The van der Waals surface area contributed by atoms with Crippen molar-refractivity contribution in [3.05, 3.63) is 30.5 Å². The highest BCUT2D eigenvalue weighted by atomic mass is 15.2. The molecule has 0 amide bonds. The summed E-state index contributed by atoms with van der Waals surface area (Å²) in [7, 11) is 0.